The highest BCUT2D eigenvalue weighted by Gasteiger charge is 2.29. The van der Waals surface area contributed by atoms with Gasteiger partial charge in [0.1, 0.15) is 0 Å². The van der Waals surface area contributed by atoms with Gasteiger partial charge in [0.05, 0.1) is 6.61 Å². The second kappa shape index (κ2) is 7.57. The van der Waals surface area contributed by atoms with Gasteiger partial charge in [-0.05, 0) is 12.8 Å². The number of carbonyl (C=O) groups excluding carboxylic acids is 2. The number of hydrogen-bond donors (Lipinski definition) is 4. The number of ether oxygens (including phenoxy) is 1. The fraction of sp³-hybridized carbons (Fsp3) is 0.727. The zero-order valence-electron chi connectivity index (χ0n) is 10.8. The summed E-state index contributed by atoms with van der Waals surface area (Å²) in [5.41, 5.74) is 0. The summed E-state index contributed by atoms with van der Waals surface area (Å²) in [7, 11) is 1.35. The number of rotatable bonds is 8. The zero-order valence-corrected chi connectivity index (χ0v) is 10.8. The standard InChI is InChI=1S/C11H19N3O5/c1-19-6-8(10(16)17)14-11(18)13-5-4-12-9(15)7-2-3-7/h7-8H,2-6H2,1H3,(H,12,15)(H,16,17)(H2,13,14,18). The molecule has 3 amide bonds. The molecular formula is C11H19N3O5. The largest absolute Gasteiger partial charge is 0.480 e. The molecule has 108 valence electrons. The third-order valence-corrected chi connectivity index (χ3v) is 2.59. The second-order valence-electron chi connectivity index (χ2n) is 4.31. The molecule has 4 N–H and O–H groups in total. The summed E-state index contributed by atoms with van der Waals surface area (Å²) >= 11 is 0. The highest BCUT2D eigenvalue weighted by Crippen LogP contribution is 2.28. The monoisotopic (exact) mass is 273 g/mol. The van der Waals surface area contributed by atoms with E-state index in [1.807, 2.05) is 0 Å². The van der Waals surface area contributed by atoms with E-state index in [-0.39, 0.29) is 25.0 Å². The minimum atomic E-state index is -1.17. The molecule has 8 nitrogen and oxygen atoms in total. The van der Waals surface area contributed by atoms with Crippen molar-refractivity contribution in [2.45, 2.75) is 18.9 Å². The van der Waals surface area contributed by atoms with Gasteiger partial charge in [0.15, 0.2) is 6.04 Å². The van der Waals surface area contributed by atoms with Crippen LogP contribution in [0.25, 0.3) is 0 Å². The predicted octanol–water partition coefficient (Wildman–Crippen LogP) is -1.09. The number of nitrogens with one attached hydrogen (secondary N) is 3. The van der Waals surface area contributed by atoms with Crippen LogP contribution in [-0.2, 0) is 14.3 Å². The zero-order chi connectivity index (χ0) is 14.3. The first-order valence-corrected chi connectivity index (χ1v) is 6.08. The predicted molar refractivity (Wildman–Crippen MR) is 65.6 cm³/mol. The Labute approximate surface area is 110 Å². The molecule has 0 spiro atoms. The van der Waals surface area contributed by atoms with Crippen molar-refractivity contribution in [2.24, 2.45) is 5.92 Å². The number of urea groups is 1. The summed E-state index contributed by atoms with van der Waals surface area (Å²) in [5.74, 6) is -1.03. The van der Waals surface area contributed by atoms with Crippen molar-refractivity contribution < 1.29 is 24.2 Å². The van der Waals surface area contributed by atoms with E-state index in [1.54, 1.807) is 0 Å². The summed E-state index contributed by atoms with van der Waals surface area (Å²) in [6.07, 6.45) is 1.86. The van der Waals surface area contributed by atoms with Crippen molar-refractivity contribution >= 4 is 17.9 Å². The molecule has 0 radical (unpaired) electrons. The van der Waals surface area contributed by atoms with Crippen LogP contribution in [0.15, 0.2) is 0 Å². The van der Waals surface area contributed by atoms with Gasteiger partial charge in [-0.25, -0.2) is 9.59 Å². The van der Waals surface area contributed by atoms with E-state index in [0.29, 0.717) is 6.54 Å². The lowest BCUT2D eigenvalue weighted by Gasteiger charge is -2.14. The molecule has 8 heteroatoms. The summed E-state index contributed by atoms with van der Waals surface area (Å²) in [4.78, 5) is 33.4. The van der Waals surface area contributed by atoms with Crippen molar-refractivity contribution in [3.63, 3.8) is 0 Å². The maximum absolute atomic E-state index is 11.4. The summed E-state index contributed by atoms with van der Waals surface area (Å²) in [5, 5.41) is 16.2. The van der Waals surface area contributed by atoms with E-state index in [4.69, 9.17) is 5.11 Å². The fourth-order valence-electron chi connectivity index (χ4n) is 1.40. The van der Waals surface area contributed by atoms with Crippen molar-refractivity contribution in [1.82, 2.24) is 16.0 Å². The van der Waals surface area contributed by atoms with Crippen molar-refractivity contribution in [2.75, 3.05) is 26.8 Å². The van der Waals surface area contributed by atoms with Gasteiger partial charge in [-0.3, -0.25) is 4.79 Å². The van der Waals surface area contributed by atoms with Crippen molar-refractivity contribution in [1.29, 1.82) is 0 Å². The second-order valence-corrected chi connectivity index (χ2v) is 4.31. The molecule has 1 aliphatic carbocycles. The van der Waals surface area contributed by atoms with Gasteiger partial charge in [0, 0.05) is 26.1 Å². The molecule has 1 fully saturated rings. The molecule has 1 unspecified atom stereocenters. The molecule has 1 aliphatic rings. The minimum absolute atomic E-state index is 0.00463. The number of amides is 3. The van der Waals surface area contributed by atoms with Gasteiger partial charge in [-0.15, -0.1) is 0 Å². The topological polar surface area (TPSA) is 117 Å². The summed E-state index contributed by atoms with van der Waals surface area (Å²) < 4.78 is 4.68. The van der Waals surface area contributed by atoms with E-state index >= 15 is 0 Å². The lowest BCUT2D eigenvalue weighted by Crippen LogP contribution is -2.49. The molecule has 1 saturated carbocycles. The number of carboxylic acids is 1. The highest BCUT2D eigenvalue weighted by atomic mass is 16.5. The van der Waals surface area contributed by atoms with Gasteiger partial charge in [0.25, 0.3) is 0 Å². The number of hydrogen-bond acceptors (Lipinski definition) is 4. The molecular weight excluding hydrogens is 254 g/mol. The molecule has 1 rings (SSSR count). The Morgan fingerprint density at radius 2 is 1.89 bits per heavy atom. The van der Waals surface area contributed by atoms with Crippen molar-refractivity contribution in [3.05, 3.63) is 0 Å². The quantitative estimate of drug-likeness (QED) is 0.419. The summed E-state index contributed by atoms with van der Waals surface area (Å²) in [6.45, 7) is 0.454. The maximum Gasteiger partial charge on any atom is 0.328 e. The molecule has 0 aliphatic heterocycles. The van der Waals surface area contributed by atoms with Gasteiger partial charge < -0.3 is 25.8 Å². The number of carbonyl (C=O) groups is 3. The first kappa shape index (κ1) is 15.2. The molecule has 19 heavy (non-hydrogen) atoms. The number of methoxy groups -OCH3 is 1. The van der Waals surface area contributed by atoms with Crippen LogP contribution in [0.3, 0.4) is 0 Å². The highest BCUT2D eigenvalue weighted by molar-refractivity contribution is 5.83. The van der Waals surface area contributed by atoms with Crippen LogP contribution in [0.2, 0.25) is 0 Å². The van der Waals surface area contributed by atoms with Crippen molar-refractivity contribution in [3.8, 4) is 0 Å². The Morgan fingerprint density at radius 1 is 1.26 bits per heavy atom. The van der Waals surface area contributed by atoms with Crippen LogP contribution < -0.4 is 16.0 Å². The third-order valence-electron chi connectivity index (χ3n) is 2.59. The van der Waals surface area contributed by atoms with E-state index in [2.05, 4.69) is 20.7 Å². The van der Waals surface area contributed by atoms with E-state index in [9.17, 15) is 14.4 Å². The molecule has 0 aromatic rings. The normalized spacial score (nSPS) is 15.4. The van der Waals surface area contributed by atoms with E-state index in [0.717, 1.165) is 12.8 Å². The van der Waals surface area contributed by atoms with E-state index in [1.165, 1.54) is 7.11 Å². The first-order chi connectivity index (χ1) is 9.04. The fourth-order valence-corrected chi connectivity index (χ4v) is 1.40. The molecule has 0 heterocycles. The van der Waals surface area contributed by atoms with Gasteiger partial charge in [0.2, 0.25) is 5.91 Å². The van der Waals surface area contributed by atoms with Gasteiger partial charge in [-0.1, -0.05) is 0 Å². The van der Waals surface area contributed by atoms with Crippen LogP contribution >= 0.6 is 0 Å². The van der Waals surface area contributed by atoms with Crippen LogP contribution in [0.1, 0.15) is 12.8 Å². The molecule has 0 aromatic carbocycles. The Bertz CT molecular complexity index is 343. The Kier molecular flexibility index (Phi) is 6.07. The maximum atomic E-state index is 11.4. The molecule has 0 aromatic heterocycles. The third kappa shape index (κ3) is 6.05. The summed E-state index contributed by atoms with van der Waals surface area (Å²) in [6, 6.07) is -1.70. The Balaban J connectivity index is 2.11. The number of aliphatic carboxylic acids is 1. The minimum Gasteiger partial charge on any atom is -0.480 e. The number of carboxylic acid groups (broad SMARTS) is 1. The average Bonchev–Trinajstić information content (AvgIpc) is 3.17. The van der Waals surface area contributed by atoms with Crippen LogP contribution in [0, 0.1) is 5.92 Å². The molecule has 1 atom stereocenters. The molecule has 0 saturated heterocycles. The first-order valence-electron chi connectivity index (χ1n) is 6.08. The Morgan fingerprint density at radius 3 is 2.42 bits per heavy atom. The van der Waals surface area contributed by atoms with Crippen LogP contribution in [0.4, 0.5) is 4.79 Å². The lowest BCUT2D eigenvalue weighted by atomic mass is 10.3. The van der Waals surface area contributed by atoms with Gasteiger partial charge >= 0.3 is 12.0 Å². The lowest BCUT2D eigenvalue weighted by molar-refractivity contribution is -0.140. The average molecular weight is 273 g/mol. The van der Waals surface area contributed by atoms with Crippen LogP contribution in [-0.4, -0.2) is 55.9 Å². The molecule has 0 bridgehead atoms. The van der Waals surface area contributed by atoms with E-state index < -0.39 is 18.0 Å². The van der Waals surface area contributed by atoms with Crippen LogP contribution in [0.5, 0.6) is 0 Å². The smallest absolute Gasteiger partial charge is 0.328 e. The van der Waals surface area contributed by atoms with Gasteiger partial charge in [-0.2, -0.15) is 0 Å². The Hall–Kier alpha value is -1.83. The SMILES string of the molecule is COCC(NC(=O)NCCNC(=O)C1CC1)C(=O)O.